The average Bonchev–Trinajstić information content (AvgIpc) is 2.66. The highest BCUT2D eigenvalue weighted by Gasteiger charge is 2.26. The topological polar surface area (TPSA) is 41.6 Å². The van der Waals surface area contributed by atoms with Crippen LogP contribution < -0.4 is 10.1 Å². The van der Waals surface area contributed by atoms with Gasteiger partial charge in [-0.3, -0.25) is 9.69 Å². The van der Waals surface area contributed by atoms with Gasteiger partial charge in [-0.1, -0.05) is 18.2 Å². The molecule has 0 spiro atoms. The van der Waals surface area contributed by atoms with Crippen LogP contribution in [0.25, 0.3) is 0 Å². The van der Waals surface area contributed by atoms with Crippen molar-refractivity contribution in [3.8, 4) is 5.75 Å². The monoisotopic (exact) mass is 356 g/mol. The number of anilines is 1. The van der Waals surface area contributed by atoms with E-state index in [2.05, 4.69) is 10.2 Å². The summed E-state index contributed by atoms with van der Waals surface area (Å²) >= 11 is 0. The molecule has 2 aromatic carbocycles. The first-order valence-electron chi connectivity index (χ1n) is 9.15. The van der Waals surface area contributed by atoms with Gasteiger partial charge in [-0.15, -0.1) is 0 Å². The van der Waals surface area contributed by atoms with Crippen LogP contribution in [0.2, 0.25) is 0 Å². The molecule has 0 bridgehead atoms. The summed E-state index contributed by atoms with van der Waals surface area (Å²) in [5, 5.41) is 2.98. The standard InChI is InChI=1S/C21H25FN2O2/c1-2-26-19-11-9-18(10-12-19)23-21(25)17-7-5-13-24(15-17)14-16-6-3-4-8-20(16)22/h3-4,6,8-12,17H,2,5,7,13-15H2,1H3,(H,23,25). The molecule has 0 aliphatic carbocycles. The molecule has 1 unspecified atom stereocenters. The summed E-state index contributed by atoms with van der Waals surface area (Å²) in [6.07, 6.45) is 1.80. The summed E-state index contributed by atoms with van der Waals surface area (Å²) in [6, 6.07) is 14.2. The van der Waals surface area contributed by atoms with E-state index in [-0.39, 0.29) is 17.6 Å². The number of carbonyl (C=O) groups is 1. The summed E-state index contributed by atoms with van der Waals surface area (Å²) < 4.78 is 19.3. The van der Waals surface area contributed by atoms with Crippen molar-refractivity contribution in [2.75, 3.05) is 25.0 Å². The fourth-order valence-electron chi connectivity index (χ4n) is 3.33. The minimum Gasteiger partial charge on any atom is -0.494 e. The van der Waals surface area contributed by atoms with Gasteiger partial charge < -0.3 is 10.1 Å². The number of nitrogens with zero attached hydrogens (tertiary/aromatic N) is 1. The first-order valence-corrected chi connectivity index (χ1v) is 9.15. The third-order valence-electron chi connectivity index (χ3n) is 4.66. The molecule has 3 rings (SSSR count). The number of hydrogen-bond donors (Lipinski definition) is 1. The van der Waals surface area contributed by atoms with Crippen molar-refractivity contribution in [3.05, 3.63) is 59.9 Å². The van der Waals surface area contributed by atoms with E-state index in [9.17, 15) is 9.18 Å². The summed E-state index contributed by atoms with van der Waals surface area (Å²) in [7, 11) is 0. The Morgan fingerprint density at radius 1 is 1.23 bits per heavy atom. The van der Waals surface area contributed by atoms with Gasteiger partial charge in [0.1, 0.15) is 11.6 Å². The van der Waals surface area contributed by atoms with Crippen molar-refractivity contribution in [1.29, 1.82) is 0 Å². The highest BCUT2D eigenvalue weighted by Crippen LogP contribution is 2.22. The molecule has 1 heterocycles. The fourth-order valence-corrected chi connectivity index (χ4v) is 3.33. The van der Waals surface area contributed by atoms with Gasteiger partial charge >= 0.3 is 0 Å². The van der Waals surface area contributed by atoms with Gasteiger partial charge in [0, 0.05) is 24.3 Å². The van der Waals surface area contributed by atoms with Gasteiger partial charge in [0.2, 0.25) is 5.91 Å². The van der Waals surface area contributed by atoms with E-state index in [4.69, 9.17) is 4.74 Å². The zero-order valence-electron chi connectivity index (χ0n) is 15.1. The third kappa shape index (κ3) is 4.82. The number of ether oxygens (including phenoxy) is 1. The molecule has 4 nitrogen and oxygen atoms in total. The molecule has 1 saturated heterocycles. The van der Waals surface area contributed by atoms with Crippen molar-refractivity contribution in [2.45, 2.75) is 26.3 Å². The number of amides is 1. The van der Waals surface area contributed by atoms with E-state index >= 15 is 0 Å². The van der Waals surface area contributed by atoms with Crippen LogP contribution in [0, 0.1) is 11.7 Å². The number of halogens is 1. The number of benzene rings is 2. The van der Waals surface area contributed by atoms with E-state index < -0.39 is 0 Å². The quantitative estimate of drug-likeness (QED) is 0.848. The highest BCUT2D eigenvalue weighted by molar-refractivity contribution is 5.92. The SMILES string of the molecule is CCOc1ccc(NC(=O)C2CCCN(Cc3ccccc3F)C2)cc1. The second kappa shape index (κ2) is 8.81. The molecular weight excluding hydrogens is 331 g/mol. The van der Waals surface area contributed by atoms with E-state index in [1.807, 2.05) is 37.3 Å². The Hall–Kier alpha value is -2.40. The zero-order chi connectivity index (χ0) is 18.4. The Morgan fingerprint density at radius 2 is 2.00 bits per heavy atom. The van der Waals surface area contributed by atoms with Gasteiger partial charge in [-0.2, -0.15) is 0 Å². The largest absolute Gasteiger partial charge is 0.494 e. The van der Waals surface area contributed by atoms with Crippen LogP contribution >= 0.6 is 0 Å². The molecule has 26 heavy (non-hydrogen) atoms. The average molecular weight is 356 g/mol. The molecule has 1 atom stereocenters. The van der Waals surface area contributed by atoms with E-state index in [0.717, 1.165) is 30.8 Å². The Morgan fingerprint density at radius 3 is 2.73 bits per heavy atom. The molecular formula is C21H25FN2O2. The van der Waals surface area contributed by atoms with Crippen molar-refractivity contribution in [2.24, 2.45) is 5.92 Å². The zero-order valence-corrected chi connectivity index (χ0v) is 15.1. The summed E-state index contributed by atoms with van der Waals surface area (Å²) in [5.74, 6) is 0.544. The number of carbonyl (C=O) groups excluding carboxylic acids is 1. The minimum absolute atomic E-state index is 0.0207. The molecule has 5 heteroatoms. The van der Waals surface area contributed by atoms with Gasteiger partial charge in [-0.05, 0) is 56.6 Å². The van der Waals surface area contributed by atoms with Gasteiger partial charge in [-0.25, -0.2) is 4.39 Å². The van der Waals surface area contributed by atoms with Crippen LogP contribution in [0.1, 0.15) is 25.3 Å². The molecule has 1 amide bonds. The first kappa shape index (κ1) is 18.4. The lowest BCUT2D eigenvalue weighted by molar-refractivity contribution is -0.121. The van der Waals surface area contributed by atoms with Crippen LogP contribution in [0.15, 0.2) is 48.5 Å². The smallest absolute Gasteiger partial charge is 0.228 e. The van der Waals surface area contributed by atoms with E-state index in [1.165, 1.54) is 6.07 Å². The Bertz CT molecular complexity index is 733. The van der Waals surface area contributed by atoms with Crippen molar-refractivity contribution in [3.63, 3.8) is 0 Å². The molecule has 1 fully saturated rings. The predicted molar refractivity (Wildman–Crippen MR) is 101 cm³/mol. The molecule has 1 N–H and O–H groups in total. The van der Waals surface area contributed by atoms with Gasteiger partial charge in [0.25, 0.3) is 0 Å². The lowest BCUT2D eigenvalue weighted by atomic mass is 9.96. The maximum absolute atomic E-state index is 13.9. The molecule has 138 valence electrons. The number of hydrogen-bond acceptors (Lipinski definition) is 3. The second-order valence-electron chi connectivity index (χ2n) is 6.61. The van der Waals surface area contributed by atoms with Crippen molar-refractivity contribution < 1.29 is 13.9 Å². The summed E-state index contributed by atoms with van der Waals surface area (Å²) in [4.78, 5) is 14.8. The van der Waals surface area contributed by atoms with Crippen LogP contribution in [0.3, 0.4) is 0 Å². The molecule has 0 radical (unpaired) electrons. The number of likely N-dealkylation sites (tertiary alicyclic amines) is 1. The van der Waals surface area contributed by atoms with Crippen LogP contribution in [0.5, 0.6) is 5.75 Å². The van der Waals surface area contributed by atoms with Crippen molar-refractivity contribution >= 4 is 11.6 Å². The lowest BCUT2D eigenvalue weighted by Gasteiger charge is -2.32. The number of piperidine rings is 1. The summed E-state index contributed by atoms with van der Waals surface area (Å²) in [5.41, 5.74) is 1.45. The Balaban J connectivity index is 1.56. The minimum atomic E-state index is -0.187. The molecule has 0 aromatic heterocycles. The van der Waals surface area contributed by atoms with Crippen molar-refractivity contribution in [1.82, 2.24) is 4.90 Å². The molecule has 1 aliphatic heterocycles. The first-order chi connectivity index (χ1) is 12.7. The van der Waals surface area contributed by atoms with E-state index in [1.54, 1.807) is 12.1 Å². The summed E-state index contributed by atoms with van der Waals surface area (Å²) in [6.45, 7) is 4.63. The highest BCUT2D eigenvalue weighted by atomic mass is 19.1. The maximum Gasteiger partial charge on any atom is 0.228 e. The lowest BCUT2D eigenvalue weighted by Crippen LogP contribution is -2.40. The maximum atomic E-state index is 13.9. The molecule has 0 saturated carbocycles. The number of rotatable bonds is 6. The van der Waals surface area contributed by atoms with Crippen LogP contribution in [0.4, 0.5) is 10.1 Å². The Kier molecular flexibility index (Phi) is 6.23. The Labute approximate surface area is 154 Å². The molecule has 2 aromatic rings. The normalized spacial score (nSPS) is 17.7. The van der Waals surface area contributed by atoms with Gasteiger partial charge in [0.05, 0.1) is 12.5 Å². The van der Waals surface area contributed by atoms with Crippen LogP contribution in [-0.4, -0.2) is 30.5 Å². The fraction of sp³-hybridized carbons (Fsp3) is 0.381. The second-order valence-corrected chi connectivity index (χ2v) is 6.61. The predicted octanol–water partition coefficient (Wildman–Crippen LogP) is 4.08. The van der Waals surface area contributed by atoms with Gasteiger partial charge in [0.15, 0.2) is 0 Å². The van der Waals surface area contributed by atoms with Crippen LogP contribution in [-0.2, 0) is 11.3 Å². The third-order valence-corrected chi connectivity index (χ3v) is 4.66. The number of nitrogens with one attached hydrogen (secondary N) is 1. The molecule has 1 aliphatic rings. The van der Waals surface area contributed by atoms with E-state index in [0.29, 0.717) is 25.3 Å².